The number of nitrogens with two attached hydrogens (primary N) is 1. The van der Waals surface area contributed by atoms with E-state index in [1.54, 1.807) is 25.6 Å². The number of nitrogen functional groups attached to an aromatic ring is 1. The minimum atomic E-state index is -4.70. The lowest BCUT2D eigenvalue weighted by Gasteiger charge is -2.10. The molecule has 0 aliphatic heterocycles. The number of hydrazine groups is 1. The smallest absolute Gasteiger partial charge is 0.435 e. The number of nitrogens with one attached hydrogen (secondary N) is 1. The molecule has 114 valence electrons. The van der Waals surface area contributed by atoms with Crippen LogP contribution in [0.3, 0.4) is 0 Å². The maximum atomic E-state index is 12.7. The maximum Gasteiger partial charge on any atom is 0.451 e. The summed E-state index contributed by atoms with van der Waals surface area (Å²) in [6, 6.07) is 1.17. The van der Waals surface area contributed by atoms with Gasteiger partial charge >= 0.3 is 6.18 Å². The second-order valence-electron chi connectivity index (χ2n) is 4.28. The minimum Gasteiger partial charge on any atom is -0.435 e. The standard InChI is InChI=1S/C11H13F3N6O/c1-5-9(6(2)20(3)19-5)21-8-4-7(18-15)16-10(17-8)11(12,13)14/h4H,15H2,1-3H3,(H,16,17,18). The van der Waals surface area contributed by atoms with Gasteiger partial charge in [0, 0.05) is 13.1 Å². The average Bonchev–Trinajstić information content (AvgIpc) is 2.64. The van der Waals surface area contributed by atoms with Crippen LogP contribution in [-0.4, -0.2) is 19.7 Å². The molecule has 21 heavy (non-hydrogen) atoms. The first-order valence-corrected chi connectivity index (χ1v) is 5.83. The molecule has 0 spiro atoms. The molecule has 7 nitrogen and oxygen atoms in total. The van der Waals surface area contributed by atoms with E-state index in [-0.39, 0.29) is 11.7 Å². The van der Waals surface area contributed by atoms with Crippen LogP contribution < -0.4 is 16.0 Å². The largest absolute Gasteiger partial charge is 0.451 e. The van der Waals surface area contributed by atoms with Gasteiger partial charge in [-0.1, -0.05) is 0 Å². The summed E-state index contributed by atoms with van der Waals surface area (Å²) in [5.74, 6) is 3.63. The molecule has 0 aliphatic rings. The van der Waals surface area contributed by atoms with Gasteiger partial charge in [-0.3, -0.25) is 4.68 Å². The van der Waals surface area contributed by atoms with E-state index in [1.807, 2.05) is 5.43 Å². The van der Waals surface area contributed by atoms with Crippen LogP contribution in [0.25, 0.3) is 0 Å². The topological polar surface area (TPSA) is 90.9 Å². The monoisotopic (exact) mass is 302 g/mol. The number of hydrogen-bond donors (Lipinski definition) is 2. The van der Waals surface area contributed by atoms with Crippen LogP contribution in [0.2, 0.25) is 0 Å². The zero-order valence-electron chi connectivity index (χ0n) is 11.5. The fourth-order valence-corrected chi connectivity index (χ4v) is 1.68. The van der Waals surface area contributed by atoms with Crippen molar-refractivity contribution in [2.75, 3.05) is 5.43 Å². The van der Waals surface area contributed by atoms with Gasteiger partial charge in [0.25, 0.3) is 0 Å². The Labute approximate surface area is 117 Å². The summed E-state index contributed by atoms with van der Waals surface area (Å²) in [6.45, 7) is 3.40. The molecule has 0 bridgehead atoms. The molecule has 0 fully saturated rings. The number of aromatic nitrogens is 4. The van der Waals surface area contributed by atoms with Gasteiger partial charge in [-0.15, -0.1) is 0 Å². The fraction of sp³-hybridized carbons (Fsp3) is 0.364. The lowest BCUT2D eigenvalue weighted by Crippen LogP contribution is -2.16. The quantitative estimate of drug-likeness (QED) is 0.665. The van der Waals surface area contributed by atoms with Gasteiger partial charge in [0.2, 0.25) is 11.7 Å². The minimum absolute atomic E-state index is 0.202. The third-order valence-electron chi connectivity index (χ3n) is 2.75. The van der Waals surface area contributed by atoms with Gasteiger partial charge in [-0.05, 0) is 13.8 Å². The Morgan fingerprint density at radius 1 is 1.29 bits per heavy atom. The molecule has 2 aromatic heterocycles. The number of aryl methyl sites for hydroxylation is 2. The Hall–Kier alpha value is -2.36. The molecule has 0 atom stereocenters. The van der Waals surface area contributed by atoms with E-state index in [4.69, 9.17) is 10.6 Å². The van der Waals surface area contributed by atoms with Gasteiger partial charge in [0.15, 0.2) is 5.75 Å². The lowest BCUT2D eigenvalue weighted by atomic mass is 10.3. The van der Waals surface area contributed by atoms with Crippen molar-refractivity contribution in [1.29, 1.82) is 0 Å². The van der Waals surface area contributed by atoms with Gasteiger partial charge in [0.1, 0.15) is 11.5 Å². The molecular formula is C11H13F3N6O. The third kappa shape index (κ3) is 3.05. The van der Waals surface area contributed by atoms with E-state index in [0.29, 0.717) is 17.1 Å². The van der Waals surface area contributed by atoms with Crippen LogP contribution in [0, 0.1) is 13.8 Å². The second-order valence-corrected chi connectivity index (χ2v) is 4.28. The number of alkyl halides is 3. The van der Waals surface area contributed by atoms with Gasteiger partial charge in [-0.25, -0.2) is 10.8 Å². The molecular weight excluding hydrogens is 289 g/mol. The summed E-state index contributed by atoms with van der Waals surface area (Å²) in [5, 5.41) is 4.11. The van der Waals surface area contributed by atoms with Crippen molar-refractivity contribution in [2.24, 2.45) is 12.9 Å². The van der Waals surface area contributed by atoms with Crippen LogP contribution in [0.1, 0.15) is 17.2 Å². The summed E-state index contributed by atoms with van der Waals surface area (Å²) < 4.78 is 45.1. The maximum absolute atomic E-state index is 12.7. The van der Waals surface area contributed by atoms with Crippen LogP contribution >= 0.6 is 0 Å². The zero-order chi connectivity index (χ0) is 15.8. The average molecular weight is 302 g/mol. The lowest BCUT2D eigenvalue weighted by molar-refractivity contribution is -0.145. The molecule has 2 rings (SSSR count). The Morgan fingerprint density at radius 2 is 1.95 bits per heavy atom. The molecule has 0 aromatic carbocycles. The second kappa shape index (κ2) is 5.20. The molecule has 2 aromatic rings. The van der Waals surface area contributed by atoms with Crippen molar-refractivity contribution in [3.8, 4) is 11.6 Å². The summed E-state index contributed by atoms with van der Waals surface area (Å²) >= 11 is 0. The highest BCUT2D eigenvalue weighted by Gasteiger charge is 2.36. The highest BCUT2D eigenvalue weighted by atomic mass is 19.4. The van der Waals surface area contributed by atoms with Gasteiger partial charge < -0.3 is 10.2 Å². The van der Waals surface area contributed by atoms with Crippen LogP contribution in [0.4, 0.5) is 19.0 Å². The molecule has 0 amide bonds. The Kier molecular flexibility index (Phi) is 3.73. The van der Waals surface area contributed by atoms with E-state index in [2.05, 4.69) is 15.1 Å². The molecule has 0 saturated carbocycles. The van der Waals surface area contributed by atoms with Crippen molar-refractivity contribution in [3.05, 3.63) is 23.3 Å². The first-order chi connectivity index (χ1) is 9.72. The first-order valence-electron chi connectivity index (χ1n) is 5.83. The predicted octanol–water partition coefficient (Wildman–Crippen LogP) is 1.92. The Bertz CT molecular complexity index is 667. The number of ether oxygens (including phenoxy) is 1. The van der Waals surface area contributed by atoms with E-state index >= 15 is 0 Å². The SMILES string of the molecule is Cc1nn(C)c(C)c1Oc1cc(NN)nc(C(F)(F)F)n1. The molecule has 0 aliphatic carbocycles. The van der Waals surface area contributed by atoms with E-state index < -0.39 is 12.0 Å². The summed E-state index contributed by atoms with van der Waals surface area (Å²) in [4.78, 5) is 6.59. The van der Waals surface area contributed by atoms with Crippen LogP contribution in [0.5, 0.6) is 11.6 Å². The van der Waals surface area contributed by atoms with Gasteiger partial charge in [-0.2, -0.15) is 23.3 Å². The normalized spacial score (nSPS) is 11.6. The molecule has 0 saturated heterocycles. The summed E-state index contributed by atoms with van der Waals surface area (Å²) in [5.41, 5.74) is 3.23. The van der Waals surface area contributed by atoms with E-state index in [9.17, 15) is 13.2 Å². The summed E-state index contributed by atoms with van der Waals surface area (Å²) in [6.07, 6.45) is -4.70. The molecule has 10 heteroatoms. The number of nitrogens with zero attached hydrogens (tertiary/aromatic N) is 4. The van der Waals surface area contributed by atoms with Crippen molar-refractivity contribution in [2.45, 2.75) is 20.0 Å². The first kappa shape index (κ1) is 15.0. The Balaban J connectivity index is 2.44. The highest BCUT2D eigenvalue weighted by Crippen LogP contribution is 2.32. The van der Waals surface area contributed by atoms with Crippen molar-refractivity contribution in [3.63, 3.8) is 0 Å². The van der Waals surface area contributed by atoms with E-state index in [1.165, 1.54) is 6.07 Å². The number of rotatable bonds is 3. The third-order valence-corrected chi connectivity index (χ3v) is 2.75. The van der Waals surface area contributed by atoms with Crippen molar-refractivity contribution < 1.29 is 17.9 Å². The van der Waals surface area contributed by atoms with E-state index in [0.717, 1.165) is 0 Å². The predicted molar refractivity (Wildman–Crippen MR) is 67.6 cm³/mol. The highest BCUT2D eigenvalue weighted by molar-refractivity contribution is 5.41. The van der Waals surface area contributed by atoms with Crippen molar-refractivity contribution in [1.82, 2.24) is 19.7 Å². The zero-order valence-corrected chi connectivity index (χ0v) is 11.5. The van der Waals surface area contributed by atoms with Crippen molar-refractivity contribution >= 4 is 5.82 Å². The summed E-state index contributed by atoms with van der Waals surface area (Å²) in [7, 11) is 1.70. The molecule has 0 radical (unpaired) electrons. The van der Waals surface area contributed by atoms with Crippen LogP contribution in [-0.2, 0) is 13.2 Å². The van der Waals surface area contributed by atoms with Gasteiger partial charge in [0.05, 0.1) is 5.69 Å². The molecule has 2 heterocycles. The molecule has 3 N–H and O–H groups in total. The van der Waals surface area contributed by atoms with Crippen LogP contribution in [0.15, 0.2) is 6.07 Å². The number of anilines is 1. The fourth-order valence-electron chi connectivity index (χ4n) is 1.68. The Morgan fingerprint density at radius 3 is 2.43 bits per heavy atom. The number of halogens is 3. The molecule has 0 unspecified atom stereocenters. The number of hydrogen-bond acceptors (Lipinski definition) is 6.